The molecule has 0 aromatic heterocycles. The normalized spacial score (nSPS) is 10.5. The molecule has 0 unspecified atom stereocenters. The van der Waals surface area contributed by atoms with Gasteiger partial charge in [-0.1, -0.05) is 102 Å². The first-order valence-corrected chi connectivity index (χ1v) is 12.2. The van der Waals surface area contributed by atoms with E-state index in [1.165, 1.54) is 88.2 Å². The Labute approximate surface area is 185 Å². The van der Waals surface area contributed by atoms with Gasteiger partial charge in [-0.3, -0.25) is 0 Å². The van der Waals surface area contributed by atoms with Gasteiger partial charge in [0.2, 0.25) is 0 Å². The van der Waals surface area contributed by atoms with Crippen molar-refractivity contribution in [1.29, 1.82) is 0 Å². The summed E-state index contributed by atoms with van der Waals surface area (Å²) in [6.45, 7) is 4.49. The van der Waals surface area contributed by atoms with Gasteiger partial charge in [-0.05, 0) is 61.1 Å². The fraction of sp³-hybridized carbons (Fsp3) is 0.571. The van der Waals surface area contributed by atoms with Gasteiger partial charge >= 0.3 is 0 Å². The third-order valence-corrected chi connectivity index (χ3v) is 5.48. The van der Waals surface area contributed by atoms with E-state index >= 15 is 0 Å². The molecule has 0 atom stereocenters. The highest BCUT2D eigenvalue weighted by Crippen LogP contribution is 2.15. The summed E-state index contributed by atoms with van der Waals surface area (Å²) < 4.78 is 0. The van der Waals surface area contributed by atoms with Crippen molar-refractivity contribution in [3.05, 3.63) is 59.7 Å². The number of rotatable bonds is 14. The quantitative estimate of drug-likeness (QED) is 0.305. The van der Waals surface area contributed by atoms with Crippen molar-refractivity contribution in [3.63, 3.8) is 0 Å². The third-order valence-electron chi connectivity index (χ3n) is 5.48. The zero-order valence-corrected chi connectivity index (χ0v) is 19.4. The predicted molar refractivity (Wildman–Crippen MR) is 130 cm³/mol. The summed E-state index contributed by atoms with van der Waals surface area (Å²) in [5.41, 5.74) is 2.59. The minimum atomic E-state index is 0.363. The van der Waals surface area contributed by atoms with Gasteiger partial charge in [0, 0.05) is 0 Å². The second kappa shape index (κ2) is 17.9. The van der Waals surface area contributed by atoms with E-state index in [4.69, 9.17) is 5.11 Å². The molecule has 0 aliphatic rings. The number of hydrogen-bond donors (Lipinski definition) is 2. The SMILES string of the molecule is CCCCCCCCc1ccc(O)cc1.CCCCCCCCc1cccc(O)c1. The van der Waals surface area contributed by atoms with Crippen molar-refractivity contribution < 1.29 is 10.2 Å². The maximum absolute atomic E-state index is 9.29. The molecule has 0 aliphatic carbocycles. The van der Waals surface area contributed by atoms with E-state index in [9.17, 15) is 5.11 Å². The molecule has 0 heterocycles. The van der Waals surface area contributed by atoms with Crippen LogP contribution in [0.5, 0.6) is 11.5 Å². The summed E-state index contributed by atoms with van der Waals surface area (Å²) in [4.78, 5) is 0. The van der Waals surface area contributed by atoms with Crippen LogP contribution in [0.2, 0.25) is 0 Å². The first-order chi connectivity index (χ1) is 14.7. The minimum absolute atomic E-state index is 0.363. The number of phenols is 2. The van der Waals surface area contributed by atoms with E-state index in [0.29, 0.717) is 11.5 Å². The van der Waals surface area contributed by atoms with Crippen LogP contribution in [0.4, 0.5) is 0 Å². The number of phenolic OH excluding ortho intramolecular Hbond substituents is 2. The van der Waals surface area contributed by atoms with Gasteiger partial charge in [0.05, 0.1) is 0 Å². The molecule has 0 radical (unpaired) electrons. The number of benzene rings is 2. The van der Waals surface area contributed by atoms with Crippen LogP contribution < -0.4 is 0 Å². The van der Waals surface area contributed by atoms with Crippen LogP contribution in [-0.2, 0) is 12.8 Å². The molecule has 0 bridgehead atoms. The second-order valence-corrected chi connectivity index (χ2v) is 8.37. The highest BCUT2D eigenvalue weighted by Gasteiger charge is 1.96. The van der Waals surface area contributed by atoms with Crippen LogP contribution in [0.3, 0.4) is 0 Å². The van der Waals surface area contributed by atoms with Crippen LogP contribution >= 0.6 is 0 Å². The zero-order valence-electron chi connectivity index (χ0n) is 19.4. The molecule has 168 valence electrons. The fourth-order valence-electron chi connectivity index (χ4n) is 3.59. The summed E-state index contributed by atoms with van der Waals surface area (Å²) in [5.74, 6) is 0.750. The Hall–Kier alpha value is -1.96. The largest absolute Gasteiger partial charge is 0.508 e. The standard InChI is InChI=1S/2C14H22O/c1-2-3-4-5-6-7-9-13-10-8-11-14(15)12-13;1-2-3-4-5-6-7-8-13-9-11-14(15)12-10-13/h8,10-12,15H,2-7,9H2,1H3;9-12,15H,2-8H2,1H3. The Bertz CT molecular complexity index is 633. The summed E-state index contributed by atoms with van der Waals surface area (Å²) >= 11 is 0. The molecule has 0 fully saturated rings. The molecule has 0 saturated carbocycles. The van der Waals surface area contributed by atoms with E-state index in [1.807, 2.05) is 24.3 Å². The van der Waals surface area contributed by atoms with Crippen LogP contribution in [0, 0.1) is 0 Å². The number of unbranched alkanes of at least 4 members (excludes halogenated alkanes) is 10. The Morgan fingerprint density at radius 2 is 1.00 bits per heavy atom. The van der Waals surface area contributed by atoms with Crippen molar-refractivity contribution in [1.82, 2.24) is 0 Å². The average molecular weight is 413 g/mol. The first kappa shape index (κ1) is 26.1. The van der Waals surface area contributed by atoms with Crippen molar-refractivity contribution in [2.75, 3.05) is 0 Å². The van der Waals surface area contributed by atoms with Gasteiger partial charge in [0.1, 0.15) is 11.5 Å². The zero-order chi connectivity index (χ0) is 21.9. The lowest BCUT2D eigenvalue weighted by Crippen LogP contribution is -1.85. The van der Waals surface area contributed by atoms with Crippen molar-refractivity contribution in [2.45, 2.75) is 104 Å². The molecule has 2 N–H and O–H groups in total. The topological polar surface area (TPSA) is 40.5 Å². The molecule has 0 spiro atoms. The van der Waals surface area contributed by atoms with Gasteiger partial charge in [-0.15, -0.1) is 0 Å². The maximum atomic E-state index is 9.29. The minimum Gasteiger partial charge on any atom is -0.508 e. The summed E-state index contributed by atoms with van der Waals surface area (Å²) in [6, 6.07) is 15.2. The fourth-order valence-corrected chi connectivity index (χ4v) is 3.59. The molecule has 0 aliphatic heterocycles. The van der Waals surface area contributed by atoms with E-state index in [2.05, 4.69) is 19.9 Å². The summed E-state index contributed by atoms with van der Waals surface area (Å²) in [5, 5.41) is 18.4. The van der Waals surface area contributed by atoms with Gasteiger partial charge < -0.3 is 10.2 Å². The number of aromatic hydroxyl groups is 2. The number of aryl methyl sites for hydroxylation is 2. The molecule has 2 aromatic rings. The van der Waals surface area contributed by atoms with Gasteiger partial charge in [0.15, 0.2) is 0 Å². The molecule has 0 amide bonds. The van der Waals surface area contributed by atoms with Gasteiger partial charge in [0.25, 0.3) is 0 Å². The van der Waals surface area contributed by atoms with E-state index < -0.39 is 0 Å². The Balaban J connectivity index is 0.000000300. The van der Waals surface area contributed by atoms with Crippen molar-refractivity contribution in [2.24, 2.45) is 0 Å². The van der Waals surface area contributed by atoms with Crippen LogP contribution in [0.25, 0.3) is 0 Å². The molecule has 2 aromatic carbocycles. The predicted octanol–water partition coefficient (Wildman–Crippen LogP) is 8.59. The lowest BCUT2D eigenvalue weighted by atomic mass is 10.0. The Morgan fingerprint density at radius 3 is 1.53 bits per heavy atom. The summed E-state index contributed by atoms with van der Waals surface area (Å²) in [7, 11) is 0. The highest BCUT2D eigenvalue weighted by molar-refractivity contribution is 5.27. The second-order valence-electron chi connectivity index (χ2n) is 8.37. The number of hydrogen-bond acceptors (Lipinski definition) is 2. The highest BCUT2D eigenvalue weighted by atomic mass is 16.3. The molecule has 2 heteroatoms. The molecular formula is C28H44O2. The molecule has 30 heavy (non-hydrogen) atoms. The molecular weight excluding hydrogens is 368 g/mol. The summed E-state index contributed by atoms with van der Waals surface area (Å²) in [6.07, 6.45) is 18.3. The average Bonchev–Trinajstić information content (AvgIpc) is 2.75. The smallest absolute Gasteiger partial charge is 0.115 e. The first-order valence-electron chi connectivity index (χ1n) is 12.2. The van der Waals surface area contributed by atoms with E-state index in [-0.39, 0.29) is 0 Å². The Kier molecular flexibility index (Phi) is 15.5. The molecule has 2 nitrogen and oxygen atoms in total. The lowest BCUT2D eigenvalue weighted by Gasteiger charge is -2.02. The molecule has 0 saturated heterocycles. The van der Waals surface area contributed by atoms with Crippen LogP contribution in [0.1, 0.15) is 102 Å². The lowest BCUT2D eigenvalue weighted by molar-refractivity contribution is 0.474. The van der Waals surface area contributed by atoms with Gasteiger partial charge in [-0.2, -0.15) is 0 Å². The monoisotopic (exact) mass is 412 g/mol. The van der Waals surface area contributed by atoms with Crippen molar-refractivity contribution in [3.8, 4) is 11.5 Å². The van der Waals surface area contributed by atoms with E-state index in [1.54, 1.807) is 18.2 Å². The van der Waals surface area contributed by atoms with Crippen molar-refractivity contribution >= 4 is 0 Å². The van der Waals surface area contributed by atoms with Crippen LogP contribution in [0.15, 0.2) is 48.5 Å². The van der Waals surface area contributed by atoms with E-state index in [0.717, 1.165) is 12.8 Å². The third kappa shape index (κ3) is 14.1. The van der Waals surface area contributed by atoms with Crippen LogP contribution in [-0.4, -0.2) is 10.2 Å². The Morgan fingerprint density at radius 1 is 0.500 bits per heavy atom. The van der Waals surface area contributed by atoms with Gasteiger partial charge in [-0.25, -0.2) is 0 Å². The molecule has 2 rings (SSSR count). The maximum Gasteiger partial charge on any atom is 0.115 e.